The fraction of sp³-hybridized carbons (Fsp3) is 0.462. The van der Waals surface area contributed by atoms with E-state index in [1.54, 1.807) is 23.5 Å². The minimum atomic E-state index is -0.105. The van der Waals surface area contributed by atoms with Crippen LogP contribution in [0.1, 0.15) is 17.4 Å². The Morgan fingerprint density at radius 3 is 2.95 bits per heavy atom. The van der Waals surface area contributed by atoms with Crippen LogP contribution in [0.25, 0.3) is 0 Å². The van der Waals surface area contributed by atoms with Crippen molar-refractivity contribution in [3.8, 4) is 0 Å². The first-order valence-corrected chi connectivity index (χ1v) is 7.34. The van der Waals surface area contributed by atoms with Gasteiger partial charge >= 0.3 is 0 Å². The average Bonchev–Trinajstić information content (AvgIpc) is 3.02. The Balaban J connectivity index is 1.85. The molecule has 2 aromatic heterocycles. The second-order valence-electron chi connectivity index (χ2n) is 4.91. The summed E-state index contributed by atoms with van der Waals surface area (Å²) >= 11 is 1.56. The number of aromatic nitrogens is 3. The smallest absolute Gasteiger partial charge is 0.267 e. The third-order valence-corrected chi connectivity index (χ3v) is 4.14. The minimum absolute atomic E-state index is 0.00699. The molecular formula is C13H16N4O2S. The number of nitrogens with one attached hydrogen (secondary N) is 1. The Bertz CT molecular complexity index is 666. The van der Waals surface area contributed by atoms with E-state index in [9.17, 15) is 4.79 Å². The molecular weight excluding hydrogens is 276 g/mol. The number of hydrogen-bond acceptors (Lipinski definition) is 6. The van der Waals surface area contributed by atoms with Crippen molar-refractivity contribution < 1.29 is 4.74 Å². The molecule has 1 aliphatic rings. The van der Waals surface area contributed by atoms with Gasteiger partial charge in [-0.3, -0.25) is 4.79 Å². The lowest BCUT2D eigenvalue weighted by atomic mass is 10.2. The van der Waals surface area contributed by atoms with E-state index in [2.05, 4.69) is 15.4 Å². The van der Waals surface area contributed by atoms with Crippen LogP contribution in [0.3, 0.4) is 0 Å². The first kappa shape index (κ1) is 13.3. The molecule has 0 aromatic carbocycles. The fourth-order valence-electron chi connectivity index (χ4n) is 2.26. The SMILES string of the molecule is Cc1csc(NC2COCC2n2nc(C)ccc2=O)n1. The van der Waals surface area contributed by atoms with Gasteiger partial charge in [-0.15, -0.1) is 11.3 Å². The molecule has 0 saturated carbocycles. The quantitative estimate of drug-likeness (QED) is 0.925. The second kappa shape index (κ2) is 5.34. The molecule has 2 atom stereocenters. The molecule has 0 radical (unpaired) electrons. The van der Waals surface area contributed by atoms with E-state index >= 15 is 0 Å². The van der Waals surface area contributed by atoms with Crippen LogP contribution in [0.15, 0.2) is 22.3 Å². The van der Waals surface area contributed by atoms with Crippen LogP contribution in [0.2, 0.25) is 0 Å². The number of thiazole rings is 1. The lowest BCUT2D eigenvalue weighted by Crippen LogP contribution is -2.37. The van der Waals surface area contributed by atoms with Crippen molar-refractivity contribution in [1.82, 2.24) is 14.8 Å². The monoisotopic (exact) mass is 292 g/mol. The largest absolute Gasteiger partial charge is 0.377 e. The molecule has 0 aliphatic carbocycles. The Kier molecular flexibility index (Phi) is 3.54. The summed E-state index contributed by atoms with van der Waals surface area (Å²) in [6, 6.07) is 3.17. The molecule has 20 heavy (non-hydrogen) atoms. The molecule has 0 spiro atoms. The highest BCUT2D eigenvalue weighted by molar-refractivity contribution is 7.13. The zero-order chi connectivity index (χ0) is 14.1. The standard InChI is InChI=1S/C13H16N4O2S/c1-8-3-4-12(18)17(16-8)11-6-19-5-10(11)15-13-14-9(2)7-20-13/h3-4,7,10-11H,5-6H2,1-2H3,(H,14,15). The number of nitrogens with zero attached hydrogens (tertiary/aromatic N) is 3. The molecule has 1 fully saturated rings. The first-order valence-electron chi connectivity index (χ1n) is 6.46. The molecule has 1 N–H and O–H groups in total. The van der Waals surface area contributed by atoms with Gasteiger partial charge in [0.05, 0.1) is 30.6 Å². The van der Waals surface area contributed by atoms with Gasteiger partial charge in [0.15, 0.2) is 5.13 Å². The number of anilines is 1. The molecule has 3 heterocycles. The maximum atomic E-state index is 12.0. The van der Waals surface area contributed by atoms with E-state index in [4.69, 9.17) is 4.74 Å². The van der Waals surface area contributed by atoms with Gasteiger partial charge in [0.25, 0.3) is 5.56 Å². The van der Waals surface area contributed by atoms with Crippen molar-refractivity contribution in [3.05, 3.63) is 39.3 Å². The predicted molar refractivity (Wildman–Crippen MR) is 77.4 cm³/mol. The molecule has 6 nitrogen and oxygen atoms in total. The van der Waals surface area contributed by atoms with Gasteiger partial charge in [-0.05, 0) is 19.9 Å². The summed E-state index contributed by atoms with van der Waals surface area (Å²) in [4.78, 5) is 16.4. The fourth-order valence-corrected chi connectivity index (χ4v) is 3.01. The summed E-state index contributed by atoms with van der Waals surface area (Å²) in [5.41, 5.74) is 1.70. The molecule has 1 saturated heterocycles. The molecule has 7 heteroatoms. The van der Waals surface area contributed by atoms with Crippen molar-refractivity contribution in [3.63, 3.8) is 0 Å². The summed E-state index contributed by atoms with van der Waals surface area (Å²) in [5, 5.41) is 10.5. The Morgan fingerprint density at radius 2 is 2.20 bits per heavy atom. The van der Waals surface area contributed by atoms with Crippen molar-refractivity contribution >= 4 is 16.5 Å². The highest BCUT2D eigenvalue weighted by atomic mass is 32.1. The zero-order valence-electron chi connectivity index (χ0n) is 11.4. The summed E-state index contributed by atoms with van der Waals surface area (Å²) < 4.78 is 7.03. The number of aryl methyl sites for hydroxylation is 2. The van der Waals surface area contributed by atoms with E-state index < -0.39 is 0 Å². The topological polar surface area (TPSA) is 69.0 Å². The van der Waals surface area contributed by atoms with Gasteiger partial charge in [-0.25, -0.2) is 9.67 Å². The van der Waals surface area contributed by atoms with Crippen molar-refractivity contribution in [2.45, 2.75) is 25.9 Å². The van der Waals surface area contributed by atoms with Crippen LogP contribution in [0.5, 0.6) is 0 Å². The van der Waals surface area contributed by atoms with Crippen LogP contribution < -0.4 is 10.9 Å². The van der Waals surface area contributed by atoms with E-state index in [1.165, 1.54) is 4.68 Å². The second-order valence-corrected chi connectivity index (χ2v) is 5.77. The van der Waals surface area contributed by atoms with Gasteiger partial charge in [0.2, 0.25) is 0 Å². The Morgan fingerprint density at radius 1 is 1.35 bits per heavy atom. The van der Waals surface area contributed by atoms with Crippen molar-refractivity contribution in [2.75, 3.05) is 18.5 Å². The molecule has 1 aliphatic heterocycles. The van der Waals surface area contributed by atoms with E-state index in [0.717, 1.165) is 16.5 Å². The summed E-state index contributed by atoms with van der Waals surface area (Å²) in [7, 11) is 0. The predicted octanol–water partition coefficient (Wildman–Crippen LogP) is 1.37. The van der Waals surface area contributed by atoms with Crippen LogP contribution in [-0.4, -0.2) is 34.0 Å². The Hall–Kier alpha value is -1.73. The van der Waals surface area contributed by atoms with Gasteiger partial charge < -0.3 is 10.1 Å². The lowest BCUT2D eigenvalue weighted by Gasteiger charge is -2.19. The highest BCUT2D eigenvalue weighted by Crippen LogP contribution is 2.23. The van der Waals surface area contributed by atoms with E-state index in [-0.39, 0.29) is 17.6 Å². The first-order chi connectivity index (χ1) is 9.63. The van der Waals surface area contributed by atoms with Gasteiger partial charge in [0, 0.05) is 11.4 Å². The third-order valence-electron chi connectivity index (χ3n) is 3.25. The molecule has 0 bridgehead atoms. The van der Waals surface area contributed by atoms with E-state index in [1.807, 2.05) is 19.2 Å². The van der Waals surface area contributed by atoms with Crippen LogP contribution in [0, 0.1) is 13.8 Å². The Labute approximate surface area is 120 Å². The number of rotatable bonds is 3. The molecule has 0 amide bonds. The number of ether oxygens (including phenoxy) is 1. The van der Waals surface area contributed by atoms with Crippen LogP contribution in [-0.2, 0) is 4.74 Å². The maximum Gasteiger partial charge on any atom is 0.267 e. The number of hydrogen-bond donors (Lipinski definition) is 1. The summed E-state index contributed by atoms with van der Waals surface area (Å²) in [5.74, 6) is 0. The van der Waals surface area contributed by atoms with Gasteiger partial charge in [-0.2, -0.15) is 5.10 Å². The summed E-state index contributed by atoms with van der Waals surface area (Å²) in [6.45, 7) is 4.86. The maximum absolute atomic E-state index is 12.0. The van der Waals surface area contributed by atoms with Gasteiger partial charge in [0.1, 0.15) is 6.04 Å². The third kappa shape index (κ3) is 2.59. The highest BCUT2D eigenvalue weighted by Gasteiger charge is 2.31. The molecule has 106 valence electrons. The molecule has 2 aromatic rings. The van der Waals surface area contributed by atoms with E-state index in [0.29, 0.717) is 13.2 Å². The zero-order valence-corrected chi connectivity index (χ0v) is 12.2. The van der Waals surface area contributed by atoms with Crippen molar-refractivity contribution in [1.29, 1.82) is 0 Å². The summed E-state index contributed by atoms with van der Waals surface area (Å²) in [6.07, 6.45) is 0. The van der Waals surface area contributed by atoms with Crippen molar-refractivity contribution in [2.24, 2.45) is 0 Å². The lowest BCUT2D eigenvalue weighted by molar-refractivity contribution is 0.182. The average molecular weight is 292 g/mol. The normalized spacial score (nSPS) is 22.1. The van der Waals surface area contributed by atoms with Crippen LogP contribution in [0.4, 0.5) is 5.13 Å². The van der Waals surface area contributed by atoms with Crippen LogP contribution >= 0.6 is 11.3 Å². The van der Waals surface area contributed by atoms with Gasteiger partial charge in [-0.1, -0.05) is 0 Å². The molecule has 2 unspecified atom stereocenters. The molecule has 3 rings (SSSR count). The minimum Gasteiger partial charge on any atom is -0.377 e.